The van der Waals surface area contributed by atoms with Crippen LogP contribution in [0.15, 0.2) is 60.9 Å². The van der Waals surface area contributed by atoms with E-state index in [0.29, 0.717) is 5.82 Å². The Labute approximate surface area is 179 Å². The molecule has 3 aromatic heterocycles. The third-order valence-electron chi connectivity index (χ3n) is 5.48. The predicted octanol–water partition coefficient (Wildman–Crippen LogP) is 3.47. The highest BCUT2D eigenvalue weighted by Crippen LogP contribution is 2.24. The smallest absolute Gasteiger partial charge is 0.228 e. The maximum atomic E-state index is 12.4. The van der Waals surface area contributed by atoms with Crippen molar-refractivity contribution in [3.05, 3.63) is 60.9 Å². The van der Waals surface area contributed by atoms with Gasteiger partial charge in [-0.3, -0.25) is 9.89 Å². The fourth-order valence-corrected chi connectivity index (χ4v) is 3.77. The van der Waals surface area contributed by atoms with Crippen molar-refractivity contribution >= 4 is 11.6 Å². The summed E-state index contributed by atoms with van der Waals surface area (Å²) in [4.78, 5) is 24.9. The Morgan fingerprint density at radius 3 is 2.68 bits per heavy atom. The largest absolute Gasteiger partial charge is 0.337 e. The van der Waals surface area contributed by atoms with E-state index in [9.17, 15) is 4.79 Å². The number of anilines is 1. The zero-order valence-corrected chi connectivity index (χ0v) is 16.9. The van der Waals surface area contributed by atoms with E-state index in [1.807, 2.05) is 48.5 Å². The van der Waals surface area contributed by atoms with Crippen molar-refractivity contribution in [1.29, 1.82) is 0 Å². The van der Waals surface area contributed by atoms with Gasteiger partial charge in [-0.2, -0.15) is 5.10 Å². The first-order valence-electron chi connectivity index (χ1n) is 10.4. The molecule has 156 valence electrons. The summed E-state index contributed by atoms with van der Waals surface area (Å²) in [5, 5.41) is 13.2. The molecule has 0 spiro atoms. The Morgan fingerprint density at radius 1 is 1.03 bits per heavy atom. The van der Waals surface area contributed by atoms with Gasteiger partial charge in [0, 0.05) is 18.4 Å². The highest BCUT2D eigenvalue weighted by Gasteiger charge is 2.20. The van der Waals surface area contributed by atoms with Crippen LogP contribution in [0.3, 0.4) is 0 Å². The van der Waals surface area contributed by atoms with Crippen LogP contribution < -0.4 is 10.6 Å². The number of nitrogens with one attached hydrogen (secondary N) is 4. The number of imidazole rings is 1. The maximum Gasteiger partial charge on any atom is 0.228 e. The van der Waals surface area contributed by atoms with E-state index in [0.717, 1.165) is 60.0 Å². The molecule has 4 aromatic rings. The summed E-state index contributed by atoms with van der Waals surface area (Å²) in [6, 6.07) is 15.5. The van der Waals surface area contributed by atoms with E-state index in [1.54, 1.807) is 12.4 Å². The van der Waals surface area contributed by atoms with E-state index in [4.69, 9.17) is 0 Å². The third kappa shape index (κ3) is 4.24. The molecule has 8 heteroatoms. The number of carbonyl (C=O) groups excluding carboxylic acids is 1. The summed E-state index contributed by atoms with van der Waals surface area (Å²) in [5.74, 6) is 0.805. The summed E-state index contributed by atoms with van der Waals surface area (Å²) in [6.45, 7) is 1.74. The fourth-order valence-electron chi connectivity index (χ4n) is 3.77. The number of carbonyl (C=O) groups is 1. The predicted molar refractivity (Wildman–Crippen MR) is 119 cm³/mol. The number of benzene rings is 1. The van der Waals surface area contributed by atoms with Gasteiger partial charge in [-0.15, -0.1) is 0 Å². The SMILES string of the molecule is O=C(Nc1ccc(-c2cnc(-c3cccc(-c4ccn[nH]4)n3)[nH]2)cc1)C1CCCNC1. The summed E-state index contributed by atoms with van der Waals surface area (Å²) in [6.07, 6.45) is 5.47. The molecule has 8 nitrogen and oxygen atoms in total. The summed E-state index contributed by atoms with van der Waals surface area (Å²) < 4.78 is 0. The van der Waals surface area contributed by atoms with Crippen LogP contribution in [-0.4, -0.2) is 44.1 Å². The number of aromatic nitrogens is 5. The first kappa shape index (κ1) is 19.2. The van der Waals surface area contributed by atoms with Gasteiger partial charge in [-0.25, -0.2) is 9.97 Å². The van der Waals surface area contributed by atoms with Crippen molar-refractivity contribution < 1.29 is 4.79 Å². The molecule has 1 aliphatic rings. The Balaban J connectivity index is 1.30. The summed E-state index contributed by atoms with van der Waals surface area (Å²) in [7, 11) is 0. The minimum atomic E-state index is 0.0358. The van der Waals surface area contributed by atoms with E-state index in [2.05, 4.69) is 35.8 Å². The highest BCUT2D eigenvalue weighted by atomic mass is 16.1. The Hall–Kier alpha value is -3.78. The molecule has 1 amide bonds. The molecule has 1 unspecified atom stereocenters. The van der Waals surface area contributed by atoms with Crippen molar-refractivity contribution in [2.75, 3.05) is 18.4 Å². The number of nitrogens with zero attached hydrogens (tertiary/aromatic N) is 3. The second kappa shape index (κ2) is 8.53. The molecular formula is C23H23N7O. The molecule has 0 radical (unpaired) electrons. The van der Waals surface area contributed by atoms with Gasteiger partial charge in [-0.05, 0) is 55.3 Å². The van der Waals surface area contributed by atoms with E-state index in [-0.39, 0.29) is 11.8 Å². The summed E-state index contributed by atoms with van der Waals surface area (Å²) in [5.41, 5.74) is 5.09. The van der Waals surface area contributed by atoms with Crippen molar-refractivity contribution in [2.45, 2.75) is 12.8 Å². The van der Waals surface area contributed by atoms with Crippen LogP contribution in [0.1, 0.15) is 12.8 Å². The molecule has 5 rings (SSSR count). The zero-order chi connectivity index (χ0) is 21.0. The number of hydrogen-bond donors (Lipinski definition) is 4. The molecule has 1 aliphatic heterocycles. The number of aromatic amines is 2. The number of rotatable bonds is 5. The van der Waals surface area contributed by atoms with Gasteiger partial charge in [0.2, 0.25) is 5.91 Å². The number of piperidine rings is 1. The fraction of sp³-hybridized carbons (Fsp3) is 0.217. The Kier molecular flexibility index (Phi) is 5.28. The molecule has 1 aromatic carbocycles. The number of H-pyrrole nitrogens is 2. The van der Waals surface area contributed by atoms with Gasteiger partial charge in [0.1, 0.15) is 5.69 Å². The molecule has 0 bridgehead atoms. The molecule has 31 heavy (non-hydrogen) atoms. The second-order valence-corrected chi connectivity index (χ2v) is 7.63. The van der Waals surface area contributed by atoms with E-state index >= 15 is 0 Å². The van der Waals surface area contributed by atoms with Crippen LogP contribution in [0.25, 0.3) is 34.2 Å². The van der Waals surface area contributed by atoms with Gasteiger partial charge >= 0.3 is 0 Å². The lowest BCUT2D eigenvalue weighted by atomic mass is 9.99. The normalized spacial score (nSPS) is 16.2. The highest BCUT2D eigenvalue weighted by molar-refractivity contribution is 5.93. The molecule has 0 aliphatic carbocycles. The van der Waals surface area contributed by atoms with Crippen molar-refractivity contribution in [3.63, 3.8) is 0 Å². The lowest BCUT2D eigenvalue weighted by Crippen LogP contribution is -2.37. The molecule has 0 saturated carbocycles. The van der Waals surface area contributed by atoms with Crippen LogP contribution in [0, 0.1) is 5.92 Å². The van der Waals surface area contributed by atoms with Crippen LogP contribution in [0.4, 0.5) is 5.69 Å². The first-order valence-corrected chi connectivity index (χ1v) is 10.4. The molecule has 1 atom stereocenters. The van der Waals surface area contributed by atoms with Gasteiger partial charge in [0.05, 0.1) is 29.2 Å². The Bertz CT molecular complexity index is 1160. The summed E-state index contributed by atoms with van der Waals surface area (Å²) >= 11 is 0. The minimum Gasteiger partial charge on any atom is -0.337 e. The van der Waals surface area contributed by atoms with Crippen LogP contribution in [0.5, 0.6) is 0 Å². The molecule has 1 saturated heterocycles. The standard InChI is InChI=1S/C23H23N7O/c31-23(16-3-2-11-24-13-16)27-17-8-6-15(7-9-17)21-14-25-22(29-21)20-5-1-4-18(28-20)19-10-12-26-30-19/h1,4-10,12,14,16,24H,2-3,11,13H2,(H,25,29)(H,26,30)(H,27,31). The number of amides is 1. The van der Waals surface area contributed by atoms with Gasteiger partial charge in [0.15, 0.2) is 5.82 Å². The van der Waals surface area contributed by atoms with Gasteiger partial charge in [-0.1, -0.05) is 18.2 Å². The van der Waals surface area contributed by atoms with Gasteiger partial charge in [0.25, 0.3) is 0 Å². The lowest BCUT2D eigenvalue weighted by molar-refractivity contribution is -0.120. The minimum absolute atomic E-state index is 0.0358. The quantitative estimate of drug-likeness (QED) is 0.400. The topological polar surface area (TPSA) is 111 Å². The molecule has 4 heterocycles. The van der Waals surface area contributed by atoms with Crippen molar-refractivity contribution in [1.82, 2.24) is 30.5 Å². The third-order valence-corrected chi connectivity index (χ3v) is 5.48. The maximum absolute atomic E-state index is 12.4. The van der Waals surface area contributed by atoms with Crippen LogP contribution >= 0.6 is 0 Å². The first-order chi connectivity index (χ1) is 15.3. The van der Waals surface area contributed by atoms with Crippen LogP contribution in [-0.2, 0) is 4.79 Å². The van der Waals surface area contributed by atoms with Crippen molar-refractivity contribution in [2.24, 2.45) is 5.92 Å². The van der Waals surface area contributed by atoms with Crippen molar-refractivity contribution in [3.8, 4) is 34.2 Å². The average Bonchev–Trinajstić information content (AvgIpc) is 3.53. The molecule has 1 fully saturated rings. The monoisotopic (exact) mass is 413 g/mol. The zero-order valence-electron chi connectivity index (χ0n) is 16.9. The average molecular weight is 413 g/mol. The van der Waals surface area contributed by atoms with Gasteiger partial charge < -0.3 is 15.6 Å². The van der Waals surface area contributed by atoms with Crippen LogP contribution in [0.2, 0.25) is 0 Å². The molecular weight excluding hydrogens is 390 g/mol. The number of hydrogen-bond acceptors (Lipinski definition) is 5. The van der Waals surface area contributed by atoms with E-state index < -0.39 is 0 Å². The Morgan fingerprint density at radius 2 is 1.90 bits per heavy atom. The number of pyridine rings is 1. The van der Waals surface area contributed by atoms with E-state index in [1.165, 1.54) is 0 Å². The lowest BCUT2D eigenvalue weighted by Gasteiger charge is -2.21. The second-order valence-electron chi connectivity index (χ2n) is 7.63. The molecule has 4 N–H and O–H groups in total.